The number of fused-ring (bicyclic) bond motifs is 1. The second-order valence-corrected chi connectivity index (χ2v) is 6.07. The molecule has 0 aliphatic carbocycles. The third-order valence-electron chi connectivity index (χ3n) is 4.40. The maximum atomic E-state index is 11.4. The largest absolute Gasteiger partial charge is 0.480 e. The predicted octanol–water partition coefficient (Wildman–Crippen LogP) is 2.28. The lowest BCUT2D eigenvalue weighted by Gasteiger charge is -2.31. The van der Waals surface area contributed by atoms with Crippen LogP contribution in [0.3, 0.4) is 0 Å². The number of hydrogen-bond acceptors (Lipinski definition) is 3. The molecule has 0 bridgehead atoms. The van der Waals surface area contributed by atoms with Crippen molar-refractivity contribution in [3.8, 4) is 0 Å². The van der Waals surface area contributed by atoms with Gasteiger partial charge in [-0.1, -0.05) is 31.2 Å². The van der Waals surface area contributed by atoms with Crippen LogP contribution < -0.4 is 5.32 Å². The zero-order valence-corrected chi connectivity index (χ0v) is 13.1. The highest BCUT2D eigenvalue weighted by Gasteiger charge is 2.31. The average molecular weight is 290 g/mol. The van der Waals surface area contributed by atoms with E-state index < -0.39 is 11.5 Å². The summed E-state index contributed by atoms with van der Waals surface area (Å²) in [6, 6.07) is 8.60. The molecule has 1 aromatic rings. The number of carboxylic acids is 1. The Morgan fingerprint density at radius 2 is 2.10 bits per heavy atom. The molecule has 0 spiro atoms. The Hall–Kier alpha value is -1.39. The van der Waals surface area contributed by atoms with Gasteiger partial charge in [-0.3, -0.25) is 9.69 Å². The highest BCUT2D eigenvalue weighted by Crippen LogP contribution is 2.20. The van der Waals surface area contributed by atoms with Crippen LogP contribution in [0.1, 0.15) is 37.8 Å². The van der Waals surface area contributed by atoms with Gasteiger partial charge in [-0.05, 0) is 50.4 Å². The van der Waals surface area contributed by atoms with Crippen molar-refractivity contribution >= 4 is 5.97 Å². The second-order valence-electron chi connectivity index (χ2n) is 6.07. The third-order valence-corrected chi connectivity index (χ3v) is 4.40. The van der Waals surface area contributed by atoms with Gasteiger partial charge in [-0.15, -0.1) is 0 Å². The number of hydrogen-bond donors (Lipinski definition) is 2. The molecule has 1 atom stereocenters. The zero-order valence-electron chi connectivity index (χ0n) is 13.1. The number of benzene rings is 1. The molecule has 1 unspecified atom stereocenters. The molecule has 2 rings (SSSR count). The topological polar surface area (TPSA) is 52.6 Å². The first-order valence-corrected chi connectivity index (χ1v) is 7.83. The van der Waals surface area contributed by atoms with E-state index in [1.807, 2.05) is 6.92 Å². The molecule has 0 amide bonds. The van der Waals surface area contributed by atoms with Crippen LogP contribution in [0.4, 0.5) is 0 Å². The molecule has 0 saturated carbocycles. The van der Waals surface area contributed by atoms with Gasteiger partial charge in [0.05, 0.1) is 0 Å². The predicted molar refractivity (Wildman–Crippen MR) is 84.4 cm³/mol. The summed E-state index contributed by atoms with van der Waals surface area (Å²) in [7, 11) is 0. The zero-order chi connectivity index (χ0) is 15.3. The van der Waals surface area contributed by atoms with Crippen LogP contribution in [0.25, 0.3) is 0 Å². The van der Waals surface area contributed by atoms with Gasteiger partial charge in [0.2, 0.25) is 0 Å². The van der Waals surface area contributed by atoms with Gasteiger partial charge in [0.25, 0.3) is 0 Å². The van der Waals surface area contributed by atoms with Gasteiger partial charge < -0.3 is 10.4 Å². The van der Waals surface area contributed by atoms with Crippen LogP contribution in [0.15, 0.2) is 24.3 Å². The first kappa shape index (κ1) is 16.0. The summed E-state index contributed by atoms with van der Waals surface area (Å²) in [5, 5.41) is 12.4. The maximum absolute atomic E-state index is 11.4. The standard InChI is InChI=1S/C17H26N2O2/c1-3-18-17(2,16(20)21)10-6-11-19-12-9-14-7-4-5-8-15(14)13-19/h4-5,7-8,18H,3,6,9-13H2,1-2H3,(H,20,21). The summed E-state index contributed by atoms with van der Waals surface area (Å²) in [6.07, 6.45) is 2.66. The minimum absolute atomic E-state index is 0.661. The van der Waals surface area contributed by atoms with E-state index in [0.717, 1.165) is 32.5 Å². The molecule has 1 aromatic carbocycles. The fourth-order valence-corrected chi connectivity index (χ4v) is 3.06. The van der Waals surface area contributed by atoms with Crippen molar-refractivity contribution in [2.75, 3.05) is 19.6 Å². The molecule has 0 fully saturated rings. The quantitative estimate of drug-likeness (QED) is 0.809. The van der Waals surface area contributed by atoms with Crippen molar-refractivity contribution in [3.63, 3.8) is 0 Å². The summed E-state index contributed by atoms with van der Waals surface area (Å²) in [5.41, 5.74) is 2.07. The van der Waals surface area contributed by atoms with Crippen LogP contribution in [0, 0.1) is 0 Å². The molecule has 116 valence electrons. The Morgan fingerprint density at radius 1 is 1.38 bits per heavy atom. The van der Waals surface area contributed by atoms with Crippen LogP contribution in [-0.2, 0) is 17.8 Å². The van der Waals surface area contributed by atoms with Crippen molar-refractivity contribution in [3.05, 3.63) is 35.4 Å². The highest BCUT2D eigenvalue weighted by atomic mass is 16.4. The van der Waals surface area contributed by atoms with E-state index in [1.54, 1.807) is 6.92 Å². The van der Waals surface area contributed by atoms with Gasteiger partial charge in [-0.25, -0.2) is 0 Å². The van der Waals surface area contributed by atoms with E-state index >= 15 is 0 Å². The molecule has 1 aliphatic rings. The average Bonchev–Trinajstić information content (AvgIpc) is 2.47. The summed E-state index contributed by atoms with van der Waals surface area (Å²) in [4.78, 5) is 13.8. The smallest absolute Gasteiger partial charge is 0.323 e. The van der Waals surface area contributed by atoms with Crippen LogP contribution in [-0.4, -0.2) is 41.1 Å². The number of nitrogens with one attached hydrogen (secondary N) is 1. The lowest BCUT2D eigenvalue weighted by molar-refractivity contribution is -0.144. The molecule has 2 N–H and O–H groups in total. The lowest BCUT2D eigenvalue weighted by Crippen LogP contribution is -2.49. The number of aliphatic carboxylic acids is 1. The Balaban J connectivity index is 1.83. The SMILES string of the molecule is CCNC(C)(CCCN1CCc2ccccc2C1)C(=O)O. The number of rotatable bonds is 7. The van der Waals surface area contributed by atoms with Gasteiger partial charge >= 0.3 is 5.97 Å². The molecule has 4 heteroatoms. The lowest BCUT2D eigenvalue weighted by atomic mass is 9.95. The Bertz CT molecular complexity index is 489. The van der Waals surface area contributed by atoms with E-state index in [9.17, 15) is 9.90 Å². The maximum Gasteiger partial charge on any atom is 0.323 e. The van der Waals surface area contributed by atoms with Gasteiger partial charge in [-0.2, -0.15) is 0 Å². The van der Waals surface area contributed by atoms with Gasteiger partial charge in [0.15, 0.2) is 0 Å². The minimum Gasteiger partial charge on any atom is -0.480 e. The second kappa shape index (κ2) is 7.05. The van der Waals surface area contributed by atoms with E-state index in [-0.39, 0.29) is 0 Å². The van der Waals surface area contributed by atoms with Crippen molar-refractivity contribution in [2.45, 2.75) is 45.2 Å². The van der Waals surface area contributed by atoms with Crippen molar-refractivity contribution in [1.29, 1.82) is 0 Å². The molecule has 1 aliphatic heterocycles. The van der Waals surface area contributed by atoms with E-state index in [1.165, 1.54) is 11.1 Å². The first-order valence-electron chi connectivity index (χ1n) is 7.83. The Labute approximate surface area is 127 Å². The number of carbonyl (C=O) groups is 1. The molecular weight excluding hydrogens is 264 g/mol. The Morgan fingerprint density at radius 3 is 2.76 bits per heavy atom. The fourth-order valence-electron chi connectivity index (χ4n) is 3.06. The fraction of sp³-hybridized carbons (Fsp3) is 0.588. The Kier molecular flexibility index (Phi) is 5.37. The summed E-state index contributed by atoms with van der Waals surface area (Å²) in [6.45, 7) is 7.43. The first-order chi connectivity index (χ1) is 10.0. The summed E-state index contributed by atoms with van der Waals surface area (Å²) < 4.78 is 0. The van der Waals surface area contributed by atoms with E-state index in [0.29, 0.717) is 13.0 Å². The van der Waals surface area contributed by atoms with E-state index in [2.05, 4.69) is 34.5 Å². The van der Waals surface area contributed by atoms with Crippen molar-refractivity contribution < 1.29 is 9.90 Å². The normalized spacial score (nSPS) is 18.0. The molecule has 1 heterocycles. The van der Waals surface area contributed by atoms with Crippen LogP contribution in [0.5, 0.6) is 0 Å². The molecular formula is C17H26N2O2. The summed E-state index contributed by atoms with van der Waals surface area (Å²) in [5.74, 6) is -0.756. The number of likely N-dealkylation sites (N-methyl/N-ethyl adjacent to an activating group) is 1. The van der Waals surface area contributed by atoms with Crippen molar-refractivity contribution in [2.24, 2.45) is 0 Å². The number of nitrogens with zero attached hydrogens (tertiary/aromatic N) is 1. The van der Waals surface area contributed by atoms with E-state index in [4.69, 9.17) is 0 Å². The summed E-state index contributed by atoms with van der Waals surface area (Å²) >= 11 is 0. The molecule has 0 saturated heterocycles. The van der Waals surface area contributed by atoms with Gasteiger partial charge in [0.1, 0.15) is 5.54 Å². The molecule has 21 heavy (non-hydrogen) atoms. The van der Waals surface area contributed by atoms with Crippen LogP contribution in [0.2, 0.25) is 0 Å². The monoisotopic (exact) mass is 290 g/mol. The molecule has 4 nitrogen and oxygen atoms in total. The minimum atomic E-state index is -0.803. The number of carboxylic acid groups (broad SMARTS) is 1. The third kappa shape index (κ3) is 4.05. The van der Waals surface area contributed by atoms with Crippen LogP contribution >= 0.6 is 0 Å². The highest BCUT2D eigenvalue weighted by molar-refractivity contribution is 5.78. The molecule has 0 aromatic heterocycles. The molecule has 0 radical (unpaired) electrons. The van der Waals surface area contributed by atoms with Crippen molar-refractivity contribution in [1.82, 2.24) is 10.2 Å². The van der Waals surface area contributed by atoms with Gasteiger partial charge in [0, 0.05) is 13.1 Å².